The van der Waals surface area contributed by atoms with E-state index in [0.29, 0.717) is 23.7 Å². The molecule has 1 aromatic heterocycles. The van der Waals surface area contributed by atoms with Gasteiger partial charge in [0.2, 0.25) is 5.91 Å². The summed E-state index contributed by atoms with van der Waals surface area (Å²) >= 11 is 7.15. The van der Waals surface area contributed by atoms with E-state index in [1.54, 1.807) is 20.8 Å². The number of amides is 2. The standard InChI is InChI=1S/C23H29ClN4O4S/c1-13(2)32-23(31)19-15(4)20(21(25)30)33-22(19)26-18(29)12-27-7-9-28(10-8-27)17-11-16(24)6-5-14(17)3/h5-6,11,13H,7-10,12H2,1-4H3,(H2,25,30)(H,26,29). The maximum absolute atomic E-state index is 12.8. The van der Waals surface area contributed by atoms with Crippen LogP contribution >= 0.6 is 22.9 Å². The number of nitrogens with one attached hydrogen (secondary N) is 1. The highest BCUT2D eigenvalue weighted by Gasteiger charge is 2.27. The molecule has 0 bridgehead atoms. The van der Waals surface area contributed by atoms with Gasteiger partial charge in [0.1, 0.15) is 5.00 Å². The van der Waals surface area contributed by atoms with E-state index >= 15 is 0 Å². The molecule has 0 saturated carbocycles. The fraction of sp³-hybridized carbons (Fsp3) is 0.435. The number of ether oxygens (including phenoxy) is 1. The fourth-order valence-corrected chi connectivity index (χ4v) is 5.02. The van der Waals surface area contributed by atoms with Crippen molar-refractivity contribution < 1.29 is 19.1 Å². The van der Waals surface area contributed by atoms with Gasteiger partial charge in [0, 0.05) is 36.9 Å². The average Bonchev–Trinajstić information content (AvgIpc) is 3.06. The van der Waals surface area contributed by atoms with E-state index in [9.17, 15) is 14.4 Å². The van der Waals surface area contributed by atoms with Crippen LogP contribution in [0.3, 0.4) is 0 Å². The first-order valence-corrected chi connectivity index (χ1v) is 11.9. The van der Waals surface area contributed by atoms with Crippen molar-refractivity contribution in [3.05, 3.63) is 44.8 Å². The number of primary amides is 1. The summed E-state index contributed by atoms with van der Waals surface area (Å²) in [7, 11) is 0. The van der Waals surface area contributed by atoms with Crippen LogP contribution in [0.15, 0.2) is 18.2 Å². The lowest BCUT2D eigenvalue weighted by molar-refractivity contribution is -0.117. The van der Waals surface area contributed by atoms with E-state index in [4.69, 9.17) is 22.1 Å². The van der Waals surface area contributed by atoms with Gasteiger partial charge in [-0.1, -0.05) is 17.7 Å². The number of hydrogen-bond donors (Lipinski definition) is 2. The molecule has 2 heterocycles. The smallest absolute Gasteiger partial charge is 0.341 e. The van der Waals surface area contributed by atoms with Crippen molar-refractivity contribution in [1.82, 2.24) is 4.90 Å². The normalized spacial score (nSPS) is 14.4. The summed E-state index contributed by atoms with van der Waals surface area (Å²) in [5, 5.41) is 3.77. The number of hydrogen-bond acceptors (Lipinski definition) is 7. The van der Waals surface area contributed by atoms with Crippen LogP contribution in [-0.2, 0) is 9.53 Å². The third kappa shape index (κ3) is 6.04. The SMILES string of the molecule is Cc1ccc(Cl)cc1N1CCN(CC(=O)Nc2sc(C(N)=O)c(C)c2C(=O)OC(C)C)CC1. The molecule has 1 saturated heterocycles. The lowest BCUT2D eigenvalue weighted by atomic mass is 10.1. The van der Waals surface area contributed by atoms with Crippen molar-refractivity contribution in [3.63, 3.8) is 0 Å². The Balaban J connectivity index is 1.65. The highest BCUT2D eigenvalue weighted by Crippen LogP contribution is 2.34. The molecule has 2 aromatic rings. The van der Waals surface area contributed by atoms with Gasteiger partial charge in [0.25, 0.3) is 5.91 Å². The van der Waals surface area contributed by atoms with Crippen LogP contribution in [0.2, 0.25) is 5.02 Å². The average molecular weight is 493 g/mol. The Morgan fingerprint density at radius 2 is 1.85 bits per heavy atom. The van der Waals surface area contributed by atoms with Gasteiger partial charge < -0.3 is 20.7 Å². The summed E-state index contributed by atoms with van der Waals surface area (Å²) in [6, 6.07) is 5.84. The summed E-state index contributed by atoms with van der Waals surface area (Å²) in [6.07, 6.45) is -0.336. The van der Waals surface area contributed by atoms with E-state index in [-0.39, 0.29) is 34.0 Å². The van der Waals surface area contributed by atoms with Gasteiger partial charge in [-0.15, -0.1) is 11.3 Å². The molecule has 178 valence electrons. The van der Waals surface area contributed by atoms with Crippen molar-refractivity contribution in [2.45, 2.75) is 33.8 Å². The summed E-state index contributed by atoms with van der Waals surface area (Å²) in [4.78, 5) is 41.7. The molecule has 3 N–H and O–H groups in total. The second-order valence-corrected chi connectivity index (χ2v) is 9.78. The van der Waals surface area contributed by atoms with Crippen molar-refractivity contribution in [2.24, 2.45) is 5.73 Å². The Bertz CT molecular complexity index is 1060. The lowest BCUT2D eigenvalue weighted by Crippen LogP contribution is -2.48. The number of carbonyl (C=O) groups excluding carboxylic acids is 3. The predicted molar refractivity (Wildman–Crippen MR) is 132 cm³/mol. The minimum Gasteiger partial charge on any atom is -0.459 e. The van der Waals surface area contributed by atoms with Gasteiger partial charge >= 0.3 is 5.97 Å². The molecule has 10 heteroatoms. The van der Waals surface area contributed by atoms with Crippen molar-refractivity contribution in [2.75, 3.05) is 42.9 Å². The fourth-order valence-electron chi connectivity index (χ4n) is 3.79. The molecule has 0 spiro atoms. The highest BCUT2D eigenvalue weighted by molar-refractivity contribution is 7.18. The molecule has 0 radical (unpaired) electrons. The first kappa shape index (κ1) is 25.0. The van der Waals surface area contributed by atoms with Crippen LogP contribution in [0.1, 0.15) is 45.0 Å². The highest BCUT2D eigenvalue weighted by atomic mass is 35.5. The molecule has 0 unspecified atom stereocenters. The topological polar surface area (TPSA) is 105 Å². The van der Waals surface area contributed by atoms with Gasteiger partial charge in [-0.2, -0.15) is 0 Å². The number of piperazine rings is 1. The third-order valence-electron chi connectivity index (χ3n) is 5.42. The zero-order valence-corrected chi connectivity index (χ0v) is 20.8. The number of aryl methyl sites for hydroxylation is 1. The minimum absolute atomic E-state index is 0.171. The molecule has 0 atom stereocenters. The van der Waals surface area contributed by atoms with Crippen molar-refractivity contribution in [3.8, 4) is 0 Å². The Morgan fingerprint density at radius 3 is 2.45 bits per heavy atom. The van der Waals surface area contributed by atoms with Gasteiger partial charge in [-0.3, -0.25) is 14.5 Å². The van der Waals surface area contributed by atoms with Gasteiger partial charge in [0.15, 0.2) is 0 Å². The minimum atomic E-state index is -0.649. The van der Waals surface area contributed by atoms with Crippen LogP contribution in [0.4, 0.5) is 10.7 Å². The molecule has 1 aromatic carbocycles. The van der Waals surface area contributed by atoms with Crippen LogP contribution in [0.5, 0.6) is 0 Å². The van der Waals surface area contributed by atoms with E-state index in [1.807, 2.05) is 23.1 Å². The molecule has 1 aliphatic rings. The number of carbonyl (C=O) groups is 3. The Labute approximate surface area is 202 Å². The van der Waals surface area contributed by atoms with E-state index < -0.39 is 11.9 Å². The quantitative estimate of drug-likeness (QED) is 0.573. The predicted octanol–water partition coefficient (Wildman–Crippen LogP) is 3.44. The molecule has 3 rings (SSSR count). The molecule has 33 heavy (non-hydrogen) atoms. The van der Waals surface area contributed by atoms with Crippen LogP contribution in [0.25, 0.3) is 0 Å². The Morgan fingerprint density at radius 1 is 1.18 bits per heavy atom. The Kier molecular flexibility index (Phi) is 7.99. The molecule has 0 aliphatic carbocycles. The molecular weight excluding hydrogens is 464 g/mol. The number of benzene rings is 1. The maximum atomic E-state index is 12.8. The van der Waals surface area contributed by atoms with E-state index in [2.05, 4.69) is 17.1 Å². The maximum Gasteiger partial charge on any atom is 0.341 e. The van der Waals surface area contributed by atoms with Crippen LogP contribution in [-0.4, -0.2) is 61.5 Å². The largest absolute Gasteiger partial charge is 0.459 e. The summed E-state index contributed by atoms with van der Waals surface area (Å²) in [5.41, 5.74) is 8.30. The molecule has 1 aliphatic heterocycles. The number of nitrogens with zero attached hydrogens (tertiary/aromatic N) is 2. The number of anilines is 2. The first-order chi connectivity index (χ1) is 15.6. The second-order valence-electron chi connectivity index (χ2n) is 8.32. The Hall–Kier alpha value is -2.62. The van der Waals surface area contributed by atoms with Crippen LogP contribution < -0.4 is 16.0 Å². The molecule has 1 fully saturated rings. The third-order valence-corrected chi connectivity index (χ3v) is 6.88. The zero-order chi connectivity index (χ0) is 24.3. The van der Waals surface area contributed by atoms with Gasteiger partial charge in [0.05, 0.1) is 23.1 Å². The van der Waals surface area contributed by atoms with Gasteiger partial charge in [-0.25, -0.2) is 4.79 Å². The van der Waals surface area contributed by atoms with Crippen molar-refractivity contribution in [1.29, 1.82) is 0 Å². The summed E-state index contributed by atoms with van der Waals surface area (Å²) in [5.74, 6) is -1.51. The van der Waals surface area contributed by atoms with E-state index in [0.717, 1.165) is 35.7 Å². The zero-order valence-electron chi connectivity index (χ0n) is 19.2. The lowest BCUT2D eigenvalue weighted by Gasteiger charge is -2.36. The second kappa shape index (κ2) is 10.5. The number of halogens is 1. The number of nitrogens with two attached hydrogens (primary N) is 1. The number of thiophene rings is 1. The van der Waals surface area contributed by atoms with Gasteiger partial charge in [-0.05, 0) is 51.0 Å². The number of rotatable bonds is 7. The molecular formula is C23H29ClN4O4S. The first-order valence-electron chi connectivity index (χ1n) is 10.7. The molecule has 8 nitrogen and oxygen atoms in total. The monoisotopic (exact) mass is 492 g/mol. The van der Waals surface area contributed by atoms with Crippen LogP contribution in [0, 0.1) is 13.8 Å². The molecule has 2 amide bonds. The summed E-state index contributed by atoms with van der Waals surface area (Å²) < 4.78 is 5.29. The van der Waals surface area contributed by atoms with Crippen molar-refractivity contribution >= 4 is 51.4 Å². The van der Waals surface area contributed by atoms with E-state index in [1.165, 1.54) is 0 Å². The summed E-state index contributed by atoms with van der Waals surface area (Å²) in [6.45, 7) is 10.3. The number of esters is 1.